The molecule has 1 N–H and O–H groups in total. The molecule has 0 saturated heterocycles. The van der Waals surface area contributed by atoms with Crippen LogP contribution in [-0.4, -0.2) is 41.3 Å². The molecule has 5 nitrogen and oxygen atoms in total. The number of nitrogens with zero attached hydrogens (tertiary/aromatic N) is 2. The van der Waals surface area contributed by atoms with Gasteiger partial charge in [-0.15, -0.1) is 0 Å². The first-order valence-electron chi connectivity index (χ1n) is 4.82. The van der Waals surface area contributed by atoms with Crippen LogP contribution in [0.15, 0.2) is 4.52 Å². The Kier molecular flexibility index (Phi) is 3.85. The number of aryl methyl sites for hydroxylation is 2. The number of aliphatic carboxylic acids is 1. The third-order valence-corrected chi connectivity index (χ3v) is 2.33. The summed E-state index contributed by atoms with van der Waals surface area (Å²) in [5.41, 5.74) is 1.96. The van der Waals surface area contributed by atoms with E-state index in [0.717, 1.165) is 23.4 Å². The molecule has 0 aromatic carbocycles. The maximum atomic E-state index is 10.4. The van der Waals surface area contributed by atoms with Gasteiger partial charge in [-0.05, 0) is 27.3 Å². The van der Waals surface area contributed by atoms with Gasteiger partial charge in [-0.1, -0.05) is 5.16 Å². The van der Waals surface area contributed by atoms with Gasteiger partial charge in [-0.3, -0.25) is 9.69 Å². The van der Waals surface area contributed by atoms with E-state index in [-0.39, 0.29) is 6.54 Å². The number of hydrogen-bond donors (Lipinski definition) is 1. The van der Waals surface area contributed by atoms with E-state index in [2.05, 4.69) is 5.16 Å². The standard InChI is InChI=1S/C10H16N2O3/c1-7-9(8(2)15-11-7)4-5-12(3)6-10(13)14/h4-6H2,1-3H3,(H,13,14). The second-order valence-electron chi connectivity index (χ2n) is 3.68. The van der Waals surface area contributed by atoms with E-state index in [1.165, 1.54) is 0 Å². The Bertz CT molecular complexity index is 327. The molecular formula is C10H16N2O3. The van der Waals surface area contributed by atoms with Crippen LogP contribution in [0, 0.1) is 13.8 Å². The highest BCUT2D eigenvalue weighted by molar-refractivity contribution is 5.68. The number of carboxylic acids is 1. The van der Waals surface area contributed by atoms with Crippen molar-refractivity contribution in [2.24, 2.45) is 0 Å². The van der Waals surface area contributed by atoms with Crippen molar-refractivity contribution < 1.29 is 14.4 Å². The molecule has 0 atom stereocenters. The van der Waals surface area contributed by atoms with Crippen molar-refractivity contribution >= 4 is 5.97 Å². The van der Waals surface area contributed by atoms with Crippen molar-refractivity contribution in [1.82, 2.24) is 10.1 Å². The average molecular weight is 212 g/mol. The molecule has 0 saturated carbocycles. The van der Waals surface area contributed by atoms with E-state index in [9.17, 15) is 4.79 Å². The Hall–Kier alpha value is -1.36. The van der Waals surface area contributed by atoms with E-state index in [4.69, 9.17) is 9.63 Å². The van der Waals surface area contributed by atoms with Crippen LogP contribution in [0.2, 0.25) is 0 Å². The topological polar surface area (TPSA) is 66.6 Å². The molecule has 1 heterocycles. The predicted octanol–water partition coefficient (Wildman–Crippen LogP) is 0.850. The van der Waals surface area contributed by atoms with Crippen molar-refractivity contribution in [2.75, 3.05) is 20.1 Å². The van der Waals surface area contributed by atoms with E-state index in [1.807, 2.05) is 13.8 Å². The zero-order valence-electron chi connectivity index (χ0n) is 9.28. The molecule has 0 aliphatic carbocycles. The van der Waals surface area contributed by atoms with Crippen molar-refractivity contribution in [3.05, 3.63) is 17.0 Å². The summed E-state index contributed by atoms with van der Waals surface area (Å²) in [5, 5.41) is 12.4. The molecule has 0 bridgehead atoms. The van der Waals surface area contributed by atoms with Gasteiger partial charge in [0.25, 0.3) is 0 Å². The van der Waals surface area contributed by atoms with Crippen molar-refractivity contribution in [3.63, 3.8) is 0 Å². The quantitative estimate of drug-likeness (QED) is 0.783. The molecule has 0 fully saturated rings. The third kappa shape index (κ3) is 3.36. The number of hydrogen-bond acceptors (Lipinski definition) is 4. The molecule has 1 aromatic rings. The normalized spacial score (nSPS) is 10.9. The third-order valence-electron chi connectivity index (χ3n) is 2.33. The van der Waals surface area contributed by atoms with Gasteiger partial charge in [0, 0.05) is 12.1 Å². The maximum absolute atomic E-state index is 10.4. The van der Waals surface area contributed by atoms with Crippen LogP contribution < -0.4 is 0 Å². The number of rotatable bonds is 5. The Morgan fingerprint density at radius 3 is 2.67 bits per heavy atom. The minimum absolute atomic E-state index is 0.0589. The van der Waals surface area contributed by atoms with Gasteiger partial charge in [0.2, 0.25) is 0 Å². The summed E-state index contributed by atoms with van der Waals surface area (Å²) in [6.07, 6.45) is 0.769. The highest BCUT2D eigenvalue weighted by Crippen LogP contribution is 2.12. The Morgan fingerprint density at radius 2 is 2.20 bits per heavy atom. The molecule has 0 unspecified atom stereocenters. The second kappa shape index (κ2) is 4.93. The summed E-state index contributed by atoms with van der Waals surface area (Å²) in [6, 6.07) is 0. The fourth-order valence-corrected chi connectivity index (χ4v) is 1.47. The largest absolute Gasteiger partial charge is 0.480 e. The van der Waals surface area contributed by atoms with Crippen LogP contribution in [0.4, 0.5) is 0 Å². The first-order valence-corrected chi connectivity index (χ1v) is 4.82. The zero-order chi connectivity index (χ0) is 11.4. The Labute approximate surface area is 88.7 Å². The molecule has 0 aliphatic heterocycles. The van der Waals surface area contributed by atoms with Gasteiger partial charge in [0.15, 0.2) is 0 Å². The minimum Gasteiger partial charge on any atom is -0.480 e. The average Bonchev–Trinajstić information content (AvgIpc) is 2.42. The van der Waals surface area contributed by atoms with Crippen LogP contribution in [0.5, 0.6) is 0 Å². The molecule has 84 valence electrons. The Balaban J connectivity index is 2.46. The predicted molar refractivity (Wildman–Crippen MR) is 54.8 cm³/mol. The fourth-order valence-electron chi connectivity index (χ4n) is 1.47. The van der Waals surface area contributed by atoms with Gasteiger partial charge in [-0.2, -0.15) is 0 Å². The molecule has 1 rings (SSSR count). The molecule has 0 radical (unpaired) electrons. The van der Waals surface area contributed by atoms with Crippen LogP contribution >= 0.6 is 0 Å². The van der Waals surface area contributed by atoms with Gasteiger partial charge in [-0.25, -0.2) is 0 Å². The number of carbonyl (C=O) groups is 1. The lowest BCUT2D eigenvalue weighted by Crippen LogP contribution is -2.27. The van der Waals surface area contributed by atoms with E-state index in [0.29, 0.717) is 6.54 Å². The summed E-state index contributed by atoms with van der Waals surface area (Å²) >= 11 is 0. The lowest BCUT2D eigenvalue weighted by molar-refractivity contribution is -0.137. The summed E-state index contributed by atoms with van der Waals surface area (Å²) in [4.78, 5) is 12.2. The highest BCUT2D eigenvalue weighted by atomic mass is 16.5. The van der Waals surface area contributed by atoms with E-state index >= 15 is 0 Å². The van der Waals surface area contributed by atoms with Crippen LogP contribution in [0.1, 0.15) is 17.0 Å². The molecule has 15 heavy (non-hydrogen) atoms. The Morgan fingerprint density at radius 1 is 1.53 bits per heavy atom. The van der Waals surface area contributed by atoms with E-state index in [1.54, 1.807) is 11.9 Å². The molecule has 5 heteroatoms. The monoisotopic (exact) mass is 212 g/mol. The van der Waals surface area contributed by atoms with Crippen molar-refractivity contribution in [2.45, 2.75) is 20.3 Å². The molecule has 0 amide bonds. The van der Waals surface area contributed by atoms with Gasteiger partial charge >= 0.3 is 5.97 Å². The van der Waals surface area contributed by atoms with Crippen molar-refractivity contribution in [3.8, 4) is 0 Å². The molecule has 0 aliphatic rings. The number of aromatic nitrogens is 1. The SMILES string of the molecule is Cc1noc(C)c1CCN(C)CC(=O)O. The van der Waals surface area contributed by atoms with Crippen LogP contribution in [0.25, 0.3) is 0 Å². The van der Waals surface area contributed by atoms with Gasteiger partial charge in [0.05, 0.1) is 12.2 Å². The summed E-state index contributed by atoms with van der Waals surface area (Å²) < 4.78 is 5.02. The minimum atomic E-state index is -0.809. The maximum Gasteiger partial charge on any atom is 0.317 e. The molecule has 0 spiro atoms. The van der Waals surface area contributed by atoms with Gasteiger partial charge in [0.1, 0.15) is 5.76 Å². The van der Waals surface area contributed by atoms with Gasteiger partial charge < -0.3 is 9.63 Å². The van der Waals surface area contributed by atoms with Crippen molar-refractivity contribution in [1.29, 1.82) is 0 Å². The molecular weight excluding hydrogens is 196 g/mol. The fraction of sp³-hybridized carbons (Fsp3) is 0.600. The molecule has 1 aromatic heterocycles. The number of carboxylic acid groups (broad SMARTS) is 1. The lowest BCUT2D eigenvalue weighted by atomic mass is 10.1. The smallest absolute Gasteiger partial charge is 0.317 e. The lowest BCUT2D eigenvalue weighted by Gasteiger charge is -2.13. The summed E-state index contributed by atoms with van der Waals surface area (Å²) in [5.74, 6) is 0.00693. The van der Waals surface area contributed by atoms with Crippen LogP contribution in [-0.2, 0) is 11.2 Å². The first kappa shape index (κ1) is 11.7. The van der Waals surface area contributed by atoms with Crippen LogP contribution in [0.3, 0.4) is 0 Å². The highest BCUT2D eigenvalue weighted by Gasteiger charge is 2.10. The zero-order valence-corrected chi connectivity index (χ0v) is 9.28. The summed E-state index contributed by atoms with van der Waals surface area (Å²) in [7, 11) is 1.78. The van der Waals surface area contributed by atoms with E-state index < -0.39 is 5.97 Å². The second-order valence-corrected chi connectivity index (χ2v) is 3.68. The first-order chi connectivity index (χ1) is 7.00. The summed E-state index contributed by atoms with van der Waals surface area (Å²) in [6.45, 7) is 4.51. The number of likely N-dealkylation sites (N-methyl/N-ethyl adjacent to an activating group) is 1.